The number of para-hydroxylation sites is 1. The SMILES string of the molecule is O=C(O)c1cccc(NS(=O)(=O)C2=COC=CO2)c1O. The number of hydrogen-bond acceptors (Lipinski definition) is 6. The van der Waals surface area contributed by atoms with Gasteiger partial charge in [-0.05, 0) is 12.1 Å². The molecule has 0 spiro atoms. The van der Waals surface area contributed by atoms with E-state index in [4.69, 9.17) is 9.84 Å². The van der Waals surface area contributed by atoms with E-state index in [0.717, 1.165) is 24.9 Å². The molecule has 1 aromatic carbocycles. The summed E-state index contributed by atoms with van der Waals surface area (Å²) in [6, 6.07) is 3.63. The van der Waals surface area contributed by atoms with Crippen LogP contribution in [0, 0.1) is 0 Å². The molecular weight excluding hydrogens is 290 g/mol. The van der Waals surface area contributed by atoms with Gasteiger partial charge in [0.1, 0.15) is 24.3 Å². The van der Waals surface area contributed by atoms with Crippen LogP contribution in [0.15, 0.2) is 42.1 Å². The number of benzene rings is 1. The van der Waals surface area contributed by atoms with Gasteiger partial charge in [0, 0.05) is 0 Å². The number of nitrogens with one attached hydrogen (secondary N) is 1. The number of aromatic hydroxyl groups is 1. The van der Waals surface area contributed by atoms with Crippen LogP contribution in [0.4, 0.5) is 5.69 Å². The first-order valence-electron chi connectivity index (χ1n) is 5.17. The third kappa shape index (κ3) is 2.67. The summed E-state index contributed by atoms with van der Waals surface area (Å²) in [6.07, 6.45) is 2.99. The molecule has 0 radical (unpaired) electrons. The number of carboxylic acids is 1. The molecule has 0 aromatic heterocycles. The van der Waals surface area contributed by atoms with Crippen molar-refractivity contribution in [2.24, 2.45) is 0 Å². The summed E-state index contributed by atoms with van der Waals surface area (Å²) < 4.78 is 35.2. The minimum Gasteiger partial charge on any atom is -0.505 e. The van der Waals surface area contributed by atoms with E-state index in [2.05, 4.69) is 4.74 Å². The van der Waals surface area contributed by atoms with Crippen molar-refractivity contribution >= 4 is 21.7 Å². The molecule has 0 atom stereocenters. The number of aromatic carboxylic acids is 1. The molecule has 0 bridgehead atoms. The van der Waals surface area contributed by atoms with Gasteiger partial charge in [0.25, 0.3) is 15.1 Å². The van der Waals surface area contributed by atoms with Gasteiger partial charge in [-0.2, -0.15) is 8.42 Å². The molecule has 1 heterocycles. The van der Waals surface area contributed by atoms with Gasteiger partial charge in [0.2, 0.25) is 0 Å². The molecule has 2 rings (SSSR count). The summed E-state index contributed by atoms with van der Waals surface area (Å²) in [6.45, 7) is 0. The van der Waals surface area contributed by atoms with E-state index in [0.29, 0.717) is 0 Å². The van der Waals surface area contributed by atoms with Crippen LogP contribution in [-0.2, 0) is 19.5 Å². The van der Waals surface area contributed by atoms with Gasteiger partial charge in [0.15, 0.2) is 5.75 Å². The predicted octanol–water partition coefficient (Wildman–Crippen LogP) is 1.15. The molecule has 0 saturated heterocycles. The Morgan fingerprint density at radius 1 is 1.25 bits per heavy atom. The van der Waals surface area contributed by atoms with Gasteiger partial charge >= 0.3 is 5.97 Å². The van der Waals surface area contributed by atoms with Gasteiger partial charge in [-0.15, -0.1) is 0 Å². The van der Waals surface area contributed by atoms with Crippen molar-refractivity contribution in [1.29, 1.82) is 0 Å². The van der Waals surface area contributed by atoms with E-state index >= 15 is 0 Å². The zero-order valence-corrected chi connectivity index (χ0v) is 10.6. The number of carboxylic acid groups (broad SMARTS) is 1. The second kappa shape index (κ2) is 5.13. The van der Waals surface area contributed by atoms with Crippen LogP contribution in [0.3, 0.4) is 0 Å². The zero-order valence-electron chi connectivity index (χ0n) is 9.81. The molecule has 3 N–H and O–H groups in total. The van der Waals surface area contributed by atoms with Gasteiger partial charge in [0.05, 0.1) is 5.69 Å². The summed E-state index contributed by atoms with van der Waals surface area (Å²) in [7, 11) is -4.14. The zero-order chi connectivity index (χ0) is 14.8. The van der Waals surface area contributed by atoms with Crippen LogP contribution < -0.4 is 4.72 Å². The lowest BCUT2D eigenvalue weighted by Gasteiger charge is -2.13. The van der Waals surface area contributed by atoms with E-state index in [1.54, 1.807) is 0 Å². The highest BCUT2D eigenvalue weighted by molar-refractivity contribution is 7.96. The highest BCUT2D eigenvalue weighted by atomic mass is 32.2. The highest BCUT2D eigenvalue weighted by Gasteiger charge is 2.24. The maximum absolute atomic E-state index is 11.9. The standard InChI is InChI=1S/C11H9NO7S/c13-10-7(11(14)15)2-1-3-8(10)12-20(16,17)9-6-18-4-5-19-9/h1-6,12-13H,(H,14,15). The van der Waals surface area contributed by atoms with E-state index in [9.17, 15) is 18.3 Å². The first kappa shape index (κ1) is 13.7. The van der Waals surface area contributed by atoms with Crippen molar-refractivity contribution < 1.29 is 32.9 Å². The van der Waals surface area contributed by atoms with Crippen LogP contribution in [0.2, 0.25) is 0 Å². The first-order valence-corrected chi connectivity index (χ1v) is 6.65. The number of hydrogen-bond donors (Lipinski definition) is 3. The third-order valence-electron chi connectivity index (χ3n) is 2.26. The molecule has 1 aromatic rings. The lowest BCUT2D eigenvalue weighted by atomic mass is 10.2. The van der Waals surface area contributed by atoms with Crippen LogP contribution in [-0.4, -0.2) is 24.6 Å². The molecule has 106 valence electrons. The Morgan fingerprint density at radius 3 is 2.60 bits per heavy atom. The molecule has 0 saturated carbocycles. The van der Waals surface area contributed by atoms with Crippen LogP contribution in [0.5, 0.6) is 5.75 Å². The smallest absolute Gasteiger partial charge is 0.339 e. The van der Waals surface area contributed by atoms with Gasteiger partial charge < -0.3 is 19.7 Å². The fraction of sp³-hybridized carbons (Fsp3) is 0. The maximum Gasteiger partial charge on any atom is 0.339 e. The largest absolute Gasteiger partial charge is 0.505 e. The predicted molar refractivity (Wildman–Crippen MR) is 67.0 cm³/mol. The topological polar surface area (TPSA) is 122 Å². The Kier molecular flexibility index (Phi) is 3.53. The number of carbonyl (C=O) groups is 1. The lowest BCUT2D eigenvalue weighted by Crippen LogP contribution is -2.17. The van der Waals surface area contributed by atoms with Crippen molar-refractivity contribution in [3.8, 4) is 5.75 Å². The fourth-order valence-electron chi connectivity index (χ4n) is 1.37. The second-order valence-corrected chi connectivity index (χ2v) is 5.19. The molecule has 20 heavy (non-hydrogen) atoms. The summed E-state index contributed by atoms with van der Waals surface area (Å²) >= 11 is 0. The van der Waals surface area contributed by atoms with Crippen LogP contribution in [0.25, 0.3) is 0 Å². The highest BCUT2D eigenvalue weighted by Crippen LogP contribution is 2.29. The van der Waals surface area contributed by atoms with Crippen molar-refractivity contribution in [3.63, 3.8) is 0 Å². The monoisotopic (exact) mass is 299 g/mol. The lowest BCUT2D eigenvalue weighted by molar-refractivity contribution is 0.0694. The molecule has 0 amide bonds. The Bertz CT molecular complexity index is 705. The van der Waals surface area contributed by atoms with Gasteiger partial charge in [-0.3, -0.25) is 4.72 Å². The van der Waals surface area contributed by atoms with E-state index < -0.39 is 32.4 Å². The average Bonchev–Trinajstić information content (AvgIpc) is 2.41. The summed E-state index contributed by atoms with van der Waals surface area (Å²) in [5.41, 5.74) is -0.719. The van der Waals surface area contributed by atoms with Crippen LogP contribution in [0.1, 0.15) is 10.4 Å². The van der Waals surface area contributed by atoms with E-state index in [1.807, 2.05) is 4.72 Å². The maximum atomic E-state index is 11.9. The number of rotatable bonds is 4. The van der Waals surface area contributed by atoms with Crippen molar-refractivity contribution in [3.05, 3.63) is 47.6 Å². The molecule has 9 heteroatoms. The molecule has 1 aliphatic heterocycles. The number of ether oxygens (including phenoxy) is 2. The molecular formula is C11H9NO7S. The minimum absolute atomic E-state index is 0.288. The number of anilines is 1. The van der Waals surface area contributed by atoms with E-state index in [1.165, 1.54) is 12.1 Å². The van der Waals surface area contributed by atoms with Crippen molar-refractivity contribution in [2.75, 3.05) is 4.72 Å². The van der Waals surface area contributed by atoms with Gasteiger partial charge in [-0.1, -0.05) is 6.07 Å². The van der Waals surface area contributed by atoms with Crippen LogP contribution >= 0.6 is 0 Å². The Morgan fingerprint density at radius 2 is 2.00 bits per heavy atom. The molecule has 0 aliphatic carbocycles. The molecule has 1 aliphatic rings. The fourth-order valence-corrected chi connectivity index (χ4v) is 2.29. The van der Waals surface area contributed by atoms with E-state index in [-0.39, 0.29) is 5.69 Å². The molecule has 0 fully saturated rings. The Balaban J connectivity index is 2.33. The minimum atomic E-state index is -4.14. The molecule has 8 nitrogen and oxygen atoms in total. The number of phenols is 1. The third-order valence-corrected chi connectivity index (χ3v) is 3.47. The average molecular weight is 299 g/mol. The summed E-state index contributed by atoms with van der Waals surface area (Å²) in [5, 5.41) is 18.0. The Hall–Kier alpha value is -2.68. The normalized spacial score (nSPS) is 13.9. The first-order chi connectivity index (χ1) is 9.42. The van der Waals surface area contributed by atoms with Gasteiger partial charge in [-0.25, -0.2) is 4.79 Å². The number of sulfonamides is 1. The summed E-state index contributed by atoms with van der Waals surface area (Å²) in [4.78, 5) is 10.8. The van der Waals surface area contributed by atoms with Crippen molar-refractivity contribution in [1.82, 2.24) is 0 Å². The van der Waals surface area contributed by atoms with Crippen molar-refractivity contribution in [2.45, 2.75) is 0 Å². The summed E-state index contributed by atoms with van der Waals surface area (Å²) in [5.74, 6) is -2.08. The quantitative estimate of drug-likeness (QED) is 0.713. The second-order valence-electron chi connectivity index (χ2n) is 3.58. The molecule has 0 unspecified atom stereocenters. The Labute approximate surface area is 113 Å².